The van der Waals surface area contributed by atoms with Crippen LogP contribution >= 0.6 is 54.5 Å². The third kappa shape index (κ3) is 7.28. The Hall–Kier alpha value is -5.87. The highest BCUT2D eigenvalue weighted by atomic mass is 127. The number of aromatic nitrogens is 4. The van der Waals surface area contributed by atoms with Crippen molar-refractivity contribution in [1.29, 1.82) is 0 Å². The predicted molar refractivity (Wildman–Crippen MR) is 265 cm³/mol. The molecule has 0 radical (unpaired) electrons. The second-order valence-corrected chi connectivity index (χ2v) is 17.4. The van der Waals surface area contributed by atoms with Crippen molar-refractivity contribution in [3.05, 3.63) is 219 Å². The summed E-state index contributed by atoms with van der Waals surface area (Å²) in [6, 6.07) is 68.2. The normalized spacial score (nSPS) is 11.3. The fraction of sp³-hybridized carbons (Fsp3) is 0. The lowest BCUT2D eigenvalue weighted by atomic mass is 10.1. The highest BCUT2D eigenvalue weighted by Gasteiger charge is 2.16. The fourth-order valence-corrected chi connectivity index (χ4v) is 9.16. The van der Waals surface area contributed by atoms with Crippen LogP contribution in [0.25, 0.3) is 82.5 Å². The number of rotatable bonds is 3. The second-order valence-electron chi connectivity index (χ2n) is 14.4. The van der Waals surface area contributed by atoms with Crippen LogP contribution < -0.4 is 0 Å². The quantitative estimate of drug-likeness (QED) is 0.171. The highest BCUT2D eigenvalue weighted by Crippen LogP contribution is 2.37. The molecule has 284 valence electrons. The summed E-state index contributed by atoms with van der Waals surface area (Å²) in [6.07, 6.45) is 4.29. The van der Waals surface area contributed by atoms with Crippen LogP contribution in [0.3, 0.4) is 0 Å². The summed E-state index contributed by atoms with van der Waals surface area (Å²) in [7, 11) is 0. The Morgan fingerprint density at radius 2 is 0.847 bits per heavy atom. The van der Waals surface area contributed by atoms with Gasteiger partial charge >= 0.3 is 0 Å². The summed E-state index contributed by atoms with van der Waals surface area (Å²) in [4.78, 5) is 3.52. The fourth-order valence-electron chi connectivity index (χ4n) is 8.02. The van der Waals surface area contributed by atoms with Crippen molar-refractivity contribution in [3.8, 4) is 17.1 Å². The van der Waals surface area contributed by atoms with Gasteiger partial charge in [-0.3, -0.25) is 0 Å². The predicted octanol–water partition coefficient (Wildman–Crippen LogP) is 15.8. The first-order valence-electron chi connectivity index (χ1n) is 19.3. The molecule has 0 bridgehead atoms. The molecule has 1 N–H and O–H groups in total. The number of hydrogen-bond acceptors (Lipinski definition) is 0. The molecule has 4 heterocycles. The first kappa shape index (κ1) is 37.4. The first-order valence-corrected chi connectivity index (χ1v) is 22.0. The summed E-state index contributed by atoms with van der Waals surface area (Å²) < 4.78 is 10.3. The zero-order chi connectivity index (χ0) is 39.9. The summed E-state index contributed by atoms with van der Waals surface area (Å²) in [5.41, 5.74) is 10.8. The summed E-state index contributed by atoms with van der Waals surface area (Å²) in [6.45, 7) is 0. The second kappa shape index (κ2) is 16.1. The Morgan fingerprint density at radius 3 is 1.42 bits per heavy atom. The van der Waals surface area contributed by atoms with Crippen LogP contribution in [0, 0.1) is 3.57 Å². The van der Waals surface area contributed by atoms with Gasteiger partial charge in [-0.1, -0.05) is 105 Å². The number of aromatic amines is 1. The van der Waals surface area contributed by atoms with E-state index in [1.54, 1.807) is 0 Å². The molecule has 0 atom stereocenters. The van der Waals surface area contributed by atoms with Crippen molar-refractivity contribution in [2.45, 2.75) is 0 Å². The lowest BCUT2D eigenvalue weighted by molar-refractivity contribution is 1.13. The summed E-state index contributed by atoms with van der Waals surface area (Å²) >= 11 is 9.52. The van der Waals surface area contributed by atoms with E-state index in [2.05, 4.69) is 255 Å². The average Bonchev–Trinajstić information content (AvgIpc) is 4.05. The molecule has 0 aliphatic carbocycles. The number of H-pyrrole nitrogens is 1. The van der Waals surface area contributed by atoms with E-state index in [0.717, 1.165) is 8.95 Å². The van der Waals surface area contributed by atoms with Gasteiger partial charge in [0.15, 0.2) is 0 Å². The van der Waals surface area contributed by atoms with Crippen molar-refractivity contribution in [2.24, 2.45) is 0 Å². The Morgan fingerprint density at radius 1 is 0.373 bits per heavy atom. The van der Waals surface area contributed by atoms with Gasteiger partial charge in [0.2, 0.25) is 0 Å². The summed E-state index contributed by atoms with van der Waals surface area (Å²) in [5, 5.41) is 7.49. The van der Waals surface area contributed by atoms with Gasteiger partial charge in [0.05, 0.1) is 22.1 Å². The Balaban J connectivity index is 0.000000125. The van der Waals surface area contributed by atoms with Crippen LogP contribution in [0.2, 0.25) is 0 Å². The molecule has 12 rings (SSSR count). The lowest BCUT2D eigenvalue weighted by Crippen LogP contribution is -1.93. The maximum atomic E-state index is 3.66. The maximum Gasteiger partial charge on any atom is 0.0548 e. The third-order valence-corrected chi connectivity index (χ3v) is 12.4. The Kier molecular flexibility index (Phi) is 10.2. The molecule has 12 aromatic rings. The molecule has 0 amide bonds. The van der Waals surface area contributed by atoms with Crippen LogP contribution in [0.5, 0.6) is 0 Å². The van der Waals surface area contributed by atoms with Gasteiger partial charge in [-0.25, -0.2) is 0 Å². The van der Waals surface area contributed by atoms with E-state index in [0.29, 0.717) is 0 Å². The molecule has 0 aliphatic rings. The van der Waals surface area contributed by atoms with Crippen molar-refractivity contribution in [3.63, 3.8) is 0 Å². The minimum absolute atomic E-state index is 1.09. The molecule has 0 fully saturated rings. The van der Waals surface area contributed by atoms with Gasteiger partial charge in [-0.15, -0.1) is 0 Å². The molecule has 7 heteroatoms. The lowest BCUT2D eigenvalue weighted by Gasteiger charge is -2.08. The van der Waals surface area contributed by atoms with Gasteiger partial charge < -0.3 is 18.7 Å². The molecule has 4 nitrogen and oxygen atoms in total. The van der Waals surface area contributed by atoms with E-state index in [9.17, 15) is 0 Å². The first-order chi connectivity index (χ1) is 29.0. The van der Waals surface area contributed by atoms with E-state index < -0.39 is 0 Å². The smallest absolute Gasteiger partial charge is 0.0548 e. The molecule has 0 spiro atoms. The van der Waals surface area contributed by atoms with Crippen LogP contribution in [-0.2, 0) is 0 Å². The van der Waals surface area contributed by atoms with Crippen LogP contribution in [0.15, 0.2) is 215 Å². The molecular formula is C52H35Br2IN4. The molecule has 4 aromatic heterocycles. The molecule has 8 aromatic carbocycles. The number of benzene rings is 8. The number of para-hydroxylation sites is 3. The molecule has 0 saturated carbocycles. The van der Waals surface area contributed by atoms with Crippen LogP contribution in [0.1, 0.15) is 0 Å². The van der Waals surface area contributed by atoms with Gasteiger partial charge in [-0.05, 0) is 144 Å². The van der Waals surface area contributed by atoms with E-state index in [4.69, 9.17) is 0 Å². The molecule has 0 saturated heterocycles. The van der Waals surface area contributed by atoms with Gasteiger partial charge in [0, 0.05) is 85.3 Å². The zero-order valence-corrected chi connectivity index (χ0v) is 36.9. The van der Waals surface area contributed by atoms with Crippen LogP contribution in [0.4, 0.5) is 0 Å². The topological polar surface area (TPSA) is 30.6 Å². The number of hydrogen-bond donors (Lipinski definition) is 1. The van der Waals surface area contributed by atoms with Gasteiger partial charge in [0.1, 0.15) is 0 Å². The summed E-state index contributed by atoms with van der Waals surface area (Å²) in [5.74, 6) is 0. The van der Waals surface area contributed by atoms with E-state index in [1.807, 2.05) is 24.3 Å². The van der Waals surface area contributed by atoms with Crippen molar-refractivity contribution >= 4 is 120 Å². The average molecular weight is 1000 g/mol. The van der Waals surface area contributed by atoms with Crippen molar-refractivity contribution < 1.29 is 0 Å². The SMILES string of the molecule is Brc1ccc2[nH]c3cc4ccn(-c5ccccc5)c4cc3c2c1.Brc1ccc2c(c1)c1cc3c(ccn3-c3ccccc3)cc1n2-c1ccccc1.Ic1ccccc1. The van der Waals surface area contributed by atoms with E-state index in [-0.39, 0.29) is 0 Å². The van der Waals surface area contributed by atoms with Gasteiger partial charge in [-0.2, -0.15) is 0 Å². The minimum Gasteiger partial charge on any atom is -0.354 e. The van der Waals surface area contributed by atoms with Gasteiger partial charge in [0.25, 0.3) is 0 Å². The molecular weight excluding hydrogens is 967 g/mol. The van der Waals surface area contributed by atoms with Crippen LogP contribution in [-0.4, -0.2) is 18.7 Å². The Labute approximate surface area is 371 Å². The number of fused-ring (bicyclic) bond motifs is 8. The largest absolute Gasteiger partial charge is 0.354 e. The maximum absolute atomic E-state index is 3.66. The van der Waals surface area contributed by atoms with E-state index in [1.165, 1.54) is 86.0 Å². The van der Waals surface area contributed by atoms with E-state index >= 15 is 0 Å². The standard InChI is InChI=1S/C26H17BrN2.C20H13BrN2.C6H5I/c27-19-11-12-24-22(16-19)23-17-25-18(13-14-28(25)20-7-3-1-4-8-20)15-26(23)29(24)21-9-5-2-6-10-21;21-14-6-7-18-16(11-14)17-12-20-13(10-19(17)22-18)8-9-23(20)15-4-2-1-3-5-15;7-6-4-2-1-3-5-6/h1-17H;1-12,22H;1-5H. The van der Waals surface area contributed by atoms with Crippen molar-refractivity contribution in [2.75, 3.05) is 0 Å². The Bertz CT molecular complexity index is 3400. The highest BCUT2D eigenvalue weighted by molar-refractivity contribution is 14.1. The molecule has 59 heavy (non-hydrogen) atoms. The molecule has 0 unspecified atom stereocenters. The molecule has 0 aliphatic heterocycles. The zero-order valence-electron chi connectivity index (χ0n) is 31.6. The number of nitrogens with one attached hydrogen (secondary N) is 1. The third-order valence-electron chi connectivity index (χ3n) is 10.7. The monoisotopic (exact) mass is 1000 g/mol. The van der Waals surface area contributed by atoms with Crippen molar-refractivity contribution in [1.82, 2.24) is 18.7 Å². The minimum atomic E-state index is 1.09. The number of halogens is 3. The number of nitrogens with zero attached hydrogens (tertiary/aromatic N) is 3.